The van der Waals surface area contributed by atoms with Crippen molar-refractivity contribution in [1.29, 1.82) is 0 Å². The summed E-state index contributed by atoms with van der Waals surface area (Å²) in [5, 5.41) is 11.3. The number of esters is 2. The Kier molecular flexibility index (Phi) is 4.55. The summed E-state index contributed by atoms with van der Waals surface area (Å²) >= 11 is 0. The zero-order chi connectivity index (χ0) is 20.5. The normalized spacial score (nSPS) is 10.9. The quantitative estimate of drug-likeness (QED) is 0.529. The molecule has 0 atom stereocenters. The van der Waals surface area contributed by atoms with E-state index in [0.717, 1.165) is 16.6 Å². The average Bonchev–Trinajstić information content (AvgIpc) is 3.23. The Morgan fingerprint density at radius 1 is 1.00 bits per heavy atom. The minimum Gasteiger partial charge on any atom is -0.465 e. The van der Waals surface area contributed by atoms with Crippen molar-refractivity contribution in [2.45, 2.75) is 6.92 Å². The molecule has 0 saturated carbocycles. The van der Waals surface area contributed by atoms with Gasteiger partial charge in [-0.1, -0.05) is 6.07 Å². The van der Waals surface area contributed by atoms with E-state index in [1.165, 1.54) is 20.3 Å². The largest absolute Gasteiger partial charge is 0.465 e. The molecule has 0 radical (unpaired) electrons. The van der Waals surface area contributed by atoms with E-state index in [0.29, 0.717) is 17.2 Å². The van der Waals surface area contributed by atoms with Crippen LogP contribution in [0.5, 0.6) is 0 Å². The van der Waals surface area contributed by atoms with Gasteiger partial charge in [-0.25, -0.2) is 14.6 Å². The van der Waals surface area contributed by atoms with Gasteiger partial charge in [0.25, 0.3) is 0 Å². The second kappa shape index (κ2) is 7.19. The monoisotopic (exact) mass is 391 g/mol. The number of aromatic nitrogens is 4. The molecule has 0 unspecified atom stereocenters. The van der Waals surface area contributed by atoms with Gasteiger partial charge in [0.1, 0.15) is 6.33 Å². The second-order valence-electron chi connectivity index (χ2n) is 6.38. The van der Waals surface area contributed by atoms with Crippen LogP contribution in [0.1, 0.15) is 26.3 Å². The molecule has 0 bridgehead atoms. The molecular weight excluding hydrogens is 374 g/mol. The van der Waals surface area contributed by atoms with E-state index >= 15 is 0 Å². The van der Waals surface area contributed by atoms with E-state index in [1.54, 1.807) is 18.5 Å². The number of anilines is 2. The highest BCUT2D eigenvalue weighted by molar-refractivity contribution is 5.97. The van der Waals surface area contributed by atoms with Gasteiger partial charge in [0, 0.05) is 5.69 Å². The zero-order valence-electron chi connectivity index (χ0n) is 16.0. The number of hydrogen-bond acceptors (Lipinski definition) is 8. The maximum atomic E-state index is 12.0. The van der Waals surface area contributed by atoms with E-state index in [4.69, 9.17) is 9.47 Å². The fourth-order valence-electron chi connectivity index (χ4n) is 3.06. The fourth-order valence-corrected chi connectivity index (χ4v) is 3.06. The molecule has 4 rings (SSSR count). The molecule has 2 aromatic heterocycles. The molecule has 2 aromatic carbocycles. The molecular formula is C20H17N5O4. The van der Waals surface area contributed by atoms with Crippen molar-refractivity contribution < 1.29 is 19.1 Å². The van der Waals surface area contributed by atoms with Crippen LogP contribution in [0.2, 0.25) is 0 Å². The predicted molar refractivity (Wildman–Crippen MR) is 105 cm³/mol. The number of aryl methyl sites for hydroxylation is 1. The number of methoxy groups -OCH3 is 2. The van der Waals surface area contributed by atoms with Gasteiger partial charge in [-0.3, -0.25) is 4.40 Å². The van der Waals surface area contributed by atoms with Crippen LogP contribution in [0, 0.1) is 6.92 Å². The summed E-state index contributed by atoms with van der Waals surface area (Å²) < 4.78 is 11.4. The molecule has 9 nitrogen and oxygen atoms in total. The molecule has 2 heterocycles. The first-order valence-corrected chi connectivity index (χ1v) is 8.69. The number of fused-ring (bicyclic) bond motifs is 3. The highest BCUT2D eigenvalue weighted by Gasteiger charge is 2.16. The summed E-state index contributed by atoms with van der Waals surface area (Å²) in [4.78, 5) is 28.7. The summed E-state index contributed by atoms with van der Waals surface area (Å²) in [5.74, 6) is -0.724. The first-order chi connectivity index (χ1) is 14.0. The van der Waals surface area contributed by atoms with Crippen molar-refractivity contribution in [2.75, 3.05) is 19.5 Å². The molecule has 9 heteroatoms. The topological polar surface area (TPSA) is 108 Å². The van der Waals surface area contributed by atoms with E-state index in [1.807, 2.05) is 29.5 Å². The Morgan fingerprint density at radius 2 is 1.69 bits per heavy atom. The molecule has 146 valence electrons. The first-order valence-electron chi connectivity index (χ1n) is 8.69. The predicted octanol–water partition coefficient (Wildman–Crippen LogP) is 2.90. The molecule has 0 saturated heterocycles. The summed E-state index contributed by atoms with van der Waals surface area (Å²) in [7, 11) is 2.54. The lowest BCUT2D eigenvalue weighted by molar-refractivity contribution is 0.0599. The molecule has 1 N–H and O–H groups in total. The van der Waals surface area contributed by atoms with Crippen molar-refractivity contribution >= 4 is 40.1 Å². The van der Waals surface area contributed by atoms with Crippen LogP contribution in [0.3, 0.4) is 0 Å². The first kappa shape index (κ1) is 18.4. The SMILES string of the molecule is COC(=O)c1cc(Nc2nc3ccc(C)cc3n3cnnc23)cc(C(=O)OC)c1. The molecule has 0 spiro atoms. The number of nitrogens with zero attached hydrogens (tertiary/aromatic N) is 4. The van der Waals surface area contributed by atoms with E-state index in [-0.39, 0.29) is 11.1 Å². The molecule has 0 aliphatic carbocycles. The molecule has 29 heavy (non-hydrogen) atoms. The highest BCUT2D eigenvalue weighted by Crippen LogP contribution is 2.25. The molecule has 4 aromatic rings. The van der Waals surface area contributed by atoms with Crippen molar-refractivity contribution in [1.82, 2.24) is 19.6 Å². The van der Waals surface area contributed by atoms with Gasteiger partial charge in [0.15, 0.2) is 5.82 Å². The number of carbonyl (C=O) groups is 2. The van der Waals surface area contributed by atoms with Crippen LogP contribution in [-0.4, -0.2) is 45.7 Å². The Bertz CT molecular complexity index is 1230. The summed E-state index contributed by atoms with van der Waals surface area (Å²) in [6.07, 6.45) is 1.61. The minimum atomic E-state index is -0.576. The number of carbonyl (C=O) groups excluding carboxylic acids is 2. The Hall–Kier alpha value is -4.01. The highest BCUT2D eigenvalue weighted by atomic mass is 16.5. The lowest BCUT2D eigenvalue weighted by Gasteiger charge is -2.12. The fraction of sp³-hybridized carbons (Fsp3) is 0.150. The molecule has 0 amide bonds. The van der Waals surface area contributed by atoms with Gasteiger partial charge in [-0.05, 0) is 42.8 Å². The smallest absolute Gasteiger partial charge is 0.337 e. The minimum absolute atomic E-state index is 0.201. The van der Waals surface area contributed by atoms with Crippen LogP contribution >= 0.6 is 0 Å². The van der Waals surface area contributed by atoms with Crippen molar-refractivity contribution in [2.24, 2.45) is 0 Å². The van der Waals surface area contributed by atoms with E-state index in [9.17, 15) is 9.59 Å². The molecule has 0 aliphatic rings. The summed E-state index contributed by atoms with van der Waals surface area (Å²) in [5.41, 5.74) is 4.06. The third-order valence-electron chi connectivity index (χ3n) is 4.42. The second-order valence-corrected chi connectivity index (χ2v) is 6.38. The van der Waals surface area contributed by atoms with Crippen LogP contribution < -0.4 is 5.32 Å². The third-order valence-corrected chi connectivity index (χ3v) is 4.42. The van der Waals surface area contributed by atoms with Crippen LogP contribution in [-0.2, 0) is 9.47 Å². The van der Waals surface area contributed by atoms with Gasteiger partial charge in [-0.15, -0.1) is 10.2 Å². The molecule has 0 fully saturated rings. The number of nitrogens with one attached hydrogen (secondary N) is 1. The zero-order valence-corrected chi connectivity index (χ0v) is 16.0. The Morgan fingerprint density at radius 3 is 2.34 bits per heavy atom. The van der Waals surface area contributed by atoms with Crippen LogP contribution in [0.25, 0.3) is 16.7 Å². The summed E-state index contributed by atoms with van der Waals surface area (Å²) in [6.45, 7) is 1.99. The van der Waals surface area contributed by atoms with Crippen molar-refractivity contribution in [3.63, 3.8) is 0 Å². The van der Waals surface area contributed by atoms with E-state index < -0.39 is 11.9 Å². The Labute approximate surface area is 165 Å². The average molecular weight is 391 g/mol. The number of rotatable bonds is 4. The Balaban J connectivity index is 1.85. The van der Waals surface area contributed by atoms with Crippen LogP contribution in [0.15, 0.2) is 42.7 Å². The number of ether oxygens (including phenoxy) is 2. The molecule has 0 aliphatic heterocycles. The standard InChI is InChI=1S/C20H17N5O4/c1-11-4-5-15-16(6-11)25-10-21-24-18(25)17(23-15)22-14-8-12(19(26)28-2)7-13(9-14)20(27)29-3/h4-10H,1-3H3,(H,22,23). The van der Waals surface area contributed by atoms with Crippen LogP contribution in [0.4, 0.5) is 11.5 Å². The van der Waals surface area contributed by atoms with Crippen molar-refractivity contribution in [3.05, 3.63) is 59.4 Å². The van der Waals surface area contributed by atoms with Gasteiger partial charge >= 0.3 is 11.9 Å². The maximum absolute atomic E-state index is 12.0. The maximum Gasteiger partial charge on any atom is 0.337 e. The third kappa shape index (κ3) is 3.33. The van der Waals surface area contributed by atoms with Gasteiger partial charge in [-0.2, -0.15) is 0 Å². The lowest BCUT2D eigenvalue weighted by atomic mass is 10.1. The lowest BCUT2D eigenvalue weighted by Crippen LogP contribution is -2.08. The number of hydrogen-bond donors (Lipinski definition) is 1. The van der Waals surface area contributed by atoms with Crippen molar-refractivity contribution in [3.8, 4) is 0 Å². The van der Waals surface area contributed by atoms with Gasteiger partial charge in [0.05, 0.1) is 36.4 Å². The summed E-state index contributed by atoms with van der Waals surface area (Å²) in [6, 6.07) is 10.4. The number of benzene rings is 2. The van der Waals surface area contributed by atoms with E-state index in [2.05, 4.69) is 20.5 Å². The van der Waals surface area contributed by atoms with Gasteiger partial charge < -0.3 is 14.8 Å². The van der Waals surface area contributed by atoms with Gasteiger partial charge in [0.2, 0.25) is 5.65 Å².